The van der Waals surface area contributed by atoms with E-state index in [0.29, 0.717) is 39.3 Å². The Morgan fingerprint density at radius 2 is 1.96 bits per heavy atom. The highest BCUT2D eigenvalue weighted by molar-refractivity contribution is 9.11. The van der Waals surface area contributed by atoms with Gasteiger partial charge in [0.1, 0.15) is 0 Å². The van der Waals surface area contributed by atoms with E-state index in [1.165, 1.54) is 0 Å². The van der Waals surface area contributed by atoms with Crippen LogP contribution in [0.3, 0.4) is 0 Å². The third-order valence-electron chi connectivity index (χ3n) is 4.50. The molecule has 0 spiro atoms. The Morgan fingerprint density at radius 3 is 2.54 bits per heavy atom. The van der Waals surface area contributed by atoms with Crippen LogP contribution >= 0.6 is 27.3 Å². The van der Waals surface area contributed by atoms with Crippen molar-refractivity contribution in [3.63, 3.8) is 0 Å². The monoisotopic (exact) mass is 472 g/mol. The highest BCUT2D eigenvalue weighted by atomic mass is 79.9. The van der Waals surface area contributed by atoms with E-state index in [4.69, 9.17) is 4.74 Å². The fourth-order valence-electron chi connectivity index (χ4n) is 2.98. The topological polar surface area (TPSA) is 65.1 Å². The lowest BCUT2D eigenvalue weighted by Crippen LogP contribution is -2.52. The van der Waals surface area contributed by atoms with Gasteiger partial charge in [-0.25, -0.2) is 0 Å². The molecule has 0 aromatic carbocycles. The normalized spacial score (nSPS) is 15.4. The van der Waals surface area contributed by atoms with Crippen molar-refractivity contribution < 1.29 is 14.3 Å². The van der Waals surface area contributed by atoms with Gasteiger partial charge in [-0.05, 0) is 28.1 Å². The summed E-state index contributed by atoms with van der Waals surface area (Å²) in [7, 11) is 1.61. The summed E-state index contributed by atoms with van der Waals surface area (Å²) in [6.45, 7) is 9.88. The maximum atomic E-state index is 12.8. The first-order valence-corrected chi connectivity index (χ1v) is 11.0. The molecule has 1 saturated heterocycles. The van der Waals surface area contributed by atoms with Gasteiger partial charge in [-0.2, -0.15) is 0 Å². The number of carbonyl (C=O) groups is 2. The van der Waals surface area contributed by atoms with Crippen molar-refractivity contribution in [2.24, 2.45) is 0 Å². The Balaban J connectivity index is 1.74. The molecule has 1 aromatic heterocycles. The lowest BCUT2D eigenvalue weighted by Gasteiger charge is -2.34. The number of ether oxygens (including phenoxy) is 1. The first-order valence-electron chi connectivity index (χ1n) is 9.35. The molecule has 7 nitrogen and oxygen atoms in total. The molecule has 2 heterocycles. The summed E-state index contributed by atoms with van der Waals surface area (Å²) < 4.78 is 6.00. The van der Waals surface area contributed by atoms with Gasteiger partial charge in [0.15, 0.2) is 0 Å². The van der Waals surface area contributed by atoms with Crippen molar-refractivity contribution in [1.29, 1.82) is 0 Å². The Kier molecular flexibility index (Phi) is 10.1. The van der Waals surface area contributed by atoms with Gasteiger partial charge in [0.25, 0.3) is 0 Å². The summed E-state index contributed by atoms with van der Waals surface area (Å²) in [5.41, 5.74) is 0. The van der Waals surface area contributed by atoms with Crippen LogP contribution in [-0.4, -0.2) is 92.6 Å². The van der Waals surface area contributed by atoms with E-state index in [0.717, 1.165) is 34.8 Å². The van der Waals surface area contributed by atoms with Crippen LogP contribution in [0.25, 0.3) is 0 Å². The van der Waals surface area contributed by atoms with Gasteiger partial charge in [-0.15, -0.1) is 17.9 Å². The predicted octanol–water partition coefficient (Wildman–Crippen LogP) is 1.41. The van der Waals surface area contributed by atoms with Gasteiger partial charge in [-0.1, -0.05) is 6.08 Å². The summed E-state index contributed by atoms with van der Waals surface area (Å²) in [6.07, 6.45) is 1.76. The zero-order valence-electron chi connectivity index (χ0n) is 16.4. The smallest absolute Gasteiger partial charge is 0.237 e. The molecule has 28 heavy (non-hydrogen) atoms. The molecule has 0 unspecified atom stereocenters. The maximum absolute atomic E-state index is 12.8. The number of nitrogens with zero attached hydrogens (tertiary/aromatic N) is 3. The van der Waals surface area contributed by atoms with E-state index >= 15 is 0 Å². The molecule has 1 aliphatic rings. The molecule has 0 aliphatic carbocycles. The molecule has 1 aromatic rings. The largest absolute Gasteiger partial charge is 0.383 e. The quantitative estimate of drug-likeness (QED) is 0.389. The fourth-order valence-corrected chi connectivity index (χ4v) is 4.48. The van der Waals surface area contributed by atoms with Crippen molar-refractivity contribution in [2.75, 3.05) is 66.1 Å². The second kappa shape index (κ2) is 12.3. The van der Waals surface area contributed by atoms with Crippen LogP contribution in [0.5, 0.6) is 0 Å². The van der Waals surface area contributed by atoms with Crippen molar-refractivity contribution >= 4 is 39.1 Å². The number of halogens is 1. The van der Waals surface area contributed by atoms with Gasteiger partial charge < -0.3 is 15.0 Å². The van der Waals surface area contributed by atoms with E-state index in [1.807, 2.05) is 17.0 Å². The Morgan fingerprint density at radius 1 is 1.29 bits per heavy atom. The first-order chi connectivity index (χ1) is 13.5. The zero-order valence-corrected chi connectivity index (χ0v) is 18.8. The number of methoxy groups -OCH3 is 1. The summed E-state index contributed by atoms with van der Waals surface area (Å²) in [5, 5.41) is 2.84. The lowest BCUT2D eigenvalue weighted by atomic mass is 10.3. The van der Waals surface area contributed by atoms with Gasteiger partial charge in [0, 0.05) is 51.3 Å². The minimum Gasteiger partial charge on any atom is -0.383 e. The van der Waals surface area contributed by atoms with E-state index in [1.54, 1.807) is 24.5 Å². The summed E-state index contributed by atoms with van der Waals surface area (Å²) in [6, 6.07) is 4.04. The molecule has 1 fully saturated rings. The van der Waals surface area contributed by atoms with Crippen LogP contribution in [0.1, 0.15) is 4.88 Å². The molecule has 2 rings (SSSR count). The van der Waals surface area contributed by atoms with Crippen LogP contribution in [0.4, 0.5) is 0 Å². The van der Waals surface area contributed by atoms with Crippen molar-refractivity contribution in [1.82, 2.24) is 20.0 Å². The number of hydrogen-bond acceptors (Lipinski definition) is 6. The average Bonchev–Trinajstić information content (AvgIpc) is 3.08. The van der Waals surface area contributed by atoms with Crippen LogP contribution in [0, 0.1) is 0 Å². The SMILES string of the molecule is C=CCN(Cc1ccc(Br)s1)C(=O)CN1CCN(CC(=O)NCCOC)CC1. The highest BCUT2D eigenvalue weighted by Crippen LogP contribution is 2.23. The number of carbonyl (C=O) groups excluding carboxylic acids is 2. The van der Waals surface area contributed by atoms with Gasteiger partial charge in [0.2, 0.25) is 11.8 Å². The predicted molar refractivity (Wildman–Crippen MR) is 115 cm³/mol. The Bertz CT molecular complexity index is 647. The molecule has 156 valence electrons. The minimum absolute atomic E-state index is 0.0147. The number of piperazine rings is 1. The number of thiophene rings is 1. The van der Waals surface area contributed by atoms with E-state index < -0.39 is 0 Å². The van der Waals surface area contributed by atoms with Crippen LogP contribution in [0.2, 0.25) is 0 Å². The second-order valence-corrected chi connectivity index (χ2v) is 9.21. The number of nitrogens with one attached hydrogen (secondary N) is 1. The molecule has 1 N–H and O–H groups in total. The Labute approximate surface area is 179 Å². The average molecular weight is 473 g/mol. The van der Waals surface area contributed by atoms with E-state index in [9.17, 15) is 9.59 Å². The van der Waals surface area contributed by atoms with Crippen LogP contribution in [-0.2, 0) is 20.9 Å². The molecule has 9 heteroatoms. The van der Waals surface area contributed by atoms with Gasteiger partial charge in [0.05, 0.1) is 30.0 Å². The third kappa shape index (κ3) is 8.00. The van der Waals surface area contributed by atoms with E-state index in [-0.39, 0.29) is 11.8 Å². The maximum Gasteiger partial charge on any atom is 0.237 e. The molecular weight excluding hydrogens is 444 g/mol. The Hall–Kier alpha value is -1.26. The van der Waals surface area contributed by atoms with E-state index in [2.05, 4.69) is 37.6 Å². The van der Waals surface area contributed by atoms with Crippen molar-refractivity contribution in [3.05, 3.63) is 33.5 Å². The summed E-state index contributed by atoms with van der Waals surface area (Å²) in [5.74, 6) is 0.121. The summed E-state index contributed by atoms with van der Waals surface area (Å²) >= 11 is 5.11. The molecule has 0 radical (unpaired) electrons. The number of hydrogen-bond donors (Lipinski definition) is 1. The molecule has 0 saturated carbocycles. The second-order valence-electron chi connectivity index (χ2n) is 6.66. The molecule has 1 aliphatic heterocycles. The number of rotatable bonds is 11. The minimum atomic E-state index is 0.0147. The standard InChI is InChI=1S/C19H29BrN4O3S/c1-3-7-24(13-16-4-5-17(20)28-16)19(26)15-23-10-8-22(9-11-23)14-18(25)21-6-12-27-2/h3-5H,1,6-15H2,2H3,(H,21,25). The van der Waals surface area contributed by atoms with Crippen molar-refractivity contribution in [2.45, 2.75) is 6.54 Å². The first kappa shape index (κ1) is 23.0. The molecule has 2 amide bonds. The summed E-state index contributed by atoms with van der Waals surface area (Å²) in [4.78, 5) is 31.9. The van der Waals surface area contributed by atoms with Crippen LogP contribution in [0.15, 0.2) is 28.6 Å². The van der Waals surface area contributed by atoms with Crippen molar-refractivity contribution in [3.8, 4) is 0 Å². The fraction of sp³-hybridized carbons (Fsp3) is 0.579. The molecule has 0 atom stereocenters. The molecular formula is C19H29BrN4O3S. The third-order valence-corrected chi connectivity index (χ3v) is 6.11. The van der Waals surface area contributed by atoms with Gasteiger partial charge >= 0.3 is 0 Å². The highest BCUT2D eigenvalue weighted by Gasteiger charge is 2.22. The lowest BCUT2D eigenvalue weighted by molar-refractivity contribution is -0.133. The molecule has 0 bridgehead atoms. The zero-order chi connectivity index (χ0) is 20.4. The van der Waals surface area contributed by atoms with Gasteiger partial charge in [-0.3, -0.25) is 19.4 Å². The van der Waals surface area contributed by atoms with Crippen LogP contribution < -0.4 is 5.32 Å². The number of amides is 2.